The predicted molar refractivity (Wildman–Crippen MR) is 78.7 cm³/mol. The second-order valence-corrected chi connectivity index (χ2v) is 5.28. The highest BCUT2D eigenvalue weighted by Gasteiger charge is 2.11. The highest BCUT2D eigenvalue weighted by Crippen LogP contribution is 2.17. The van der Waals surface area contributed by atoms with Gasteiger partial charge >= 0.3 is 0 Å². The maximum Gasteiger partial charge on any atom is 0.253 e. The molecule has 1 amide bonds. The summed E-state index contributed by atoms with van der Waals surface area (Å²) < 4.78 is 0. The Morgan fingerprint density at radius 3 is 2.79 bits per heavy atom. The number of rotatable bonds is 4. The summed E-state index contributed by atoms with van der Waals surface area (Å²) in [6, 6.07) is 5.79. The lowest BCUT2D eigenvalue weighted by atomic mass is 10.1. The van der Waals surface area contributed by atoms with Crippen LogP contribution < -0.4 is 10.6 Å². The molecule has 0 atom stereocenters. The lowest BCUT2D eigenvalue weighted by Gasteiger charge is -2.10. The van der Waals surface area contributed by atoms with E-state index < -0.39 is 0 Å². The molecule has 1 heterocycles. The van der Waals surface area contributed by atoms with Gasteiger partial charge in [0.05, 0.1) is 23.3 Å². The molecule has 0 fully saturated rings. The molecule has 1 aromatic heterocycles. The van der Waals surface area contributed by atoms with Gasteiger partial charge in [0, 0.05) is 17.6 Å². The third-order valence-electron chi connectivity index (χ3n) is 2.94. The van der Waals surface area contributed by atoms with Crippen molar-refractivity contribution < 1.29 is 4.79 Å². The van der Waals surface area contributed by atoms with Crippen molar-refractivity contribution in [2.24, 2.45) is 0 Å². The van der Waals surface area contributed by atoms with Crippen molar-refractivity contribution in [1.82, 2.24) is 10.3 Å². The summed E-state index contributed by atoms with van der Waals surface area (Å²) in [7, 11) is 1.81. The van der Waals surface area contributed by atoms with E-state index in [1.54, 1.807) is 16.8 Å². The van der Waals surface area contributed by atoms with E-state index in [2.05, 4.69) is 15.6 Å². The third kappa shape index (κ3) is 3.12. The Morgan fingerprint density at radius 2 is 2.16 bits per heavy atom. The number of amides is 1. The van der Waals surface area contributed by atoms with Gasteiger partial charge in [-0.2, -0.15) is 0 Å². The first-order chi connectivity index (χ1) is 9.11. The smallest absolute Gasteiger partial charge is 0.253 e. The fourth-order valence-corrected chi connectivity index (χ4v) is 2.53. The monoisotopic (exact) mass is 275 g/mol. The number of carbonyl (C=O) groups excluding carboxylic acids is 1. The molecule has 5 heteroatoms. The predicted octanol–water partition coefficient (Wildman–Crippen LogP) is 2.73. The standard InChI is InChI=1S/C14H17N3OS/c1-9-4-5-12(15-3)11(6-9)14(18)16-7-13-10(2)17-8-19-13/h4-6,8,15H,7H2,1-3H3,(H,16,18). The first kappa shape index (κ1) is 13.5. The van der Waals surface area contributed by atoms with Gasteiger partial charge in [-0.05, 0) is 26.0 Å². The summed E-state index contributed by atoms with van der Waals surface area (Å²) in [5.41, 5.74) is 5.35. The average Bonchev–Trinajstić information content (AvgIpc) is 2.81. The van der Waals surface area contributed by atoms with Gasteiger partial charge < -0.3 is 10.6 Å². The van der Waals surface area contributed by atoms with Crippen LogP contribution in [0.15, 0.2) is 23.7 Å². The zero-order valence-electron chi connectivity index (χ0n) is 11.3. The van der Waals surface area contributed by atoms with Gasteiger partial charge in [0.15, 0.2) is 0 Å². The van der Waals surface area contributed by atoms with Gasteiger partial charge in [0.25, 0.3) is 5.91 Å². The van der Waals surface area contributed by atoms with Crippen LogP contribution in [0.4, 0.5) is 5.69 Å². The van der Waals surface area contributed by atoms with Gasteiger partial charge in [-0.25, -0.2) is 4.98 Å². The van der Waals surface area contributed by atoms with Gasteiger partial charge in [-0.15, -0.1) is 11.3 Å². The Bertz CT molecular complexity index is 592. The summed E-state index contributed by atoms with van der Waals surface area (Å²) in [5, 5.41) is 5.97. The van der Waals surface area contributed by atoms with E-state index in [-0.39, 0.29) is 5.91 Å². The van der Waals surface area contributed by atoms with Crippen LogP contribution in [0.5, 0.6) is 0 Å². The van der Waals surface area contributed by atoms with Crippen LogP contribution >= 0.6 is 11.3 Å². The van der Waals surface area contributed by atoms with E-state index in [4.69, 9.17) is 0 Å². The molecule has 19 heavy (non-hydrogen) atoms. The fraction of sp³-hybridized carbons (Fsp3) is 0.286. The zero-order chi connectivity index (χ0) is 13.8. The average molecular weight is 275 g/mol. The van der Waals surface area contributed by atoms with Crippen molar-refractivity contribution in [3.8, 4) is 0 Å². The summed E-state index contributed by atoms with van der Waals surface area (Å²) in [6.45, 7) is 4.44. The molecule has 2 N–H and O–H groups in total. The summed E-state index contributed by atoms with van der Waals surface area (Å²) in [4.78, 5) is 17.5. The molecule has 0 spiro atoms. The van der Waals surface area contributed by atoms with Gasteiger partial charge in [-0.3, -0.25) is 4.79 Å². The van der Waals surface area contributed by atoms with E-state index in [0.717, 1.165) is 21.8 Å². The number of nitrogens with zero attached hydrogens (tertiary/aromatic N) is 1. The summed E-state index contributed by atoms with van der Waals surface area (Å²) in [6.07, 6.45) is 0. The van der Waals surface area contributed by atoms with Crippen molar-refractivity contribution >= 4 is 22.9 Å². The number of benzene rings is 1. The molecule has 0 radical (unpaired) electrons. The van der Waals surface area contributed by atoms with E-state index >= 15 is 0 Å². The highest BCUT2D eigenvalue weighted by molar-refractivity contribution is 7.09. The molecule has 4 nitrogen and oxygen atoms in total. The lowest BCUT2D eigenvalue weighted by Crippen LogP contribution is -2.23. The normalized spacial score (nSPS) is 10.3. The maximum absolute atomic E-state index is 12.2. The van der Waals surface area contributed by atoms with Crippen molar-refractivity contribution in [3.05, 3.63) is 45.4 Å². The first-order valence-corrected chi connectivity index (χ1v) is 6.95. The van der Waals surface area contributed by atoms with Gasteiger partial charge in [0.1, 0.15) is 0 Å². The fourth-order valence-electron chi connectivity index (χ4n) is 1.82. The molecule has 0 aliphatic heterocycles. The van der Waals surface area contributed by atoms with Crippen molar-refractivity contribution in [2.75, 3.05) is 12.4 Å². The van der Waals surface area contributed by atoms with Crippen LogP contribution in [0.25, 0.3) is 0 Å². The number of hydrogen-bond acceptors (Lipinski definition) is 4. The quantitative estimate of drug-likeness (QED) is 0.902. The van der Waals surface area contributed by atoms with Crippen molar-refractivity contribution in [3.63, 3.8) is 0 Å². The Labute approximate surface area is 116 Å². The number of hydrogen-bond donors (Lipinski definition) is 2. The molecule has 100 valence electrons. The second-order valence-electron chi connectivity index (χ2n) is 4.34. The largest absolute Gasteiger partial charge is 0.387 e. The third-order valence-corrected chi connectivity index (χ3v) is 3.88. The van der Waals surface area contributed by atoms with E-state index in [1.165, 1.54) is 0 Å². The number of carbonyl (C=O) groups is 1. The molecule has 0 aliphatic rings. The van der Waals surface area contributed by atoms with E-state index in [9.17, 15) is 4.79 Å². The highest BCUT2D eigenvalue weighted by atomic mass is 32.1. The number of aryl methyl sites for hydroxylation is 2. The molecular weight excluding hydrogens is 258 g/mol. The number of anilines is 1. The molecule has 0 aliphatic carbocycles. The van der Waals surface area contributed by atoms with E-state index in [1.807, 2.05) is 39.1 Å². The summed E-state index contributed by atoms with van der Waals surface area (Å²) in [5.74, 6) is -0.0687. The Morgan fingerprint density at radius 1 is 1.37 bits per heavy atom. The zero-order valence-corrected chi connectivity index (χ0v) is 12.1. The number of aromatic nitrogens is 1. The van der Waals surface area contributed by atoms with Crippen LogP contribution in [0, 0.1) is 13.8 Å². The first-order valence-electron chi connectivity index (χ1n) is 6.07. The molecule has 2 rings (SSSR count). The van der Waals surface area contributed by atoms with Gasteiger partial charge in [-0.1, -0.05) is 11.6 Å². The Hall–Kier alpha value is -1.88. The Balaban J connectivity index is 2.12. The van der Waals surface area contributed by atoms with Crippen LogP contribution in [0.2, 0.25) is 0 Å². The summed E-state index contributed by atoms with van der Waals surface area (Å²) >= 11 is 1.56. The lowest BCUT2D eigenvalue weighted by molar-refractivity contribution is 0.0952. The SMILES string of the molecule is CNc1ccc(C)cc1C(=O)NCc1scnc1C. The number of thiazole rings is 1. The minimum absolute atomic E-state index is 0.0687. The maximum atomic E-state index is 12.2. The minimum atomic E-state index is -0.0687. The Kier molecular flexibility index (Phi) is 4.16. The molecule has 0 saturated heterocycles. The second kappa shape index (κ2) is 5.84. The molecule has 1 aromatic carbocycles. The minimum Gasteiger partial charge on any atom is -0.387 e. The van der Waals surface area contributed by atoms with Crippen LogP contribution in [0.3, 0.4) is 0 Å². The molecule has 0 bridgehead atoms. The van der Waals surface area contributed by atoms with Crippen LogP contribution in [-0.2, 0) is 6.54 Å². The molecular formula is C14H17N3OS. The van der Waals surface area contributed by atoms with Crippen LogP contribution in [-0.4, -0.2) is 17.9 Å². The number of nitrogens with one attached hydrogen (secondary N) is 2. The van der Waals surface area contributed by atoms with E-state index in [0.29, 0.717) is 12.1 Å². The molecule has 0 unspecified atom stereocenters. The van der Waals surface area contributed by atoms with Crippen molar-refractivity contribution in [2.45, 2.75) is 20.4 Å². The van der Waals surface area contributed by atoms with Crippen molar-refractivity contribution in [1.29, 1.82) is 0 Å². The van der Waals surface area contributed by atoms with Crippen LogP contribution in [0.1, 0.15) is 26.5 Å². The molecule has 2 aromatic rings. The molecule has 0 saturated carbocycles. The van der Waals surface area contributed by atoms with Gasteiger partial charge in [0.2, 0.25) is 0 Å². The topological polar surface area (TPSA) is 54.0 Å².